The smallest absolute Gasteiger partial charge is 0.193 e. The number of nitrogens with zero attached hydrogens (tertiary/aromatic N) is 4. The van der Waals surface area contributed by atoms with Crippen molar-refractivity contribution in [1.82, 2.24) is 19.1 Å². The fourth-order valence-electron chi connectivity index (χ4n) is 3.80. The average Bonchev–Trinajstić information content (AvgIpc) is 3.50. The van der Waals surface area contributed by atoms with E-state index in [0.717, 1.165) is 44.0 Å². The number of Topliss-reactive ketones (excluding diaryl/α,β-unsaturated/α-hetero) is 1. The highest BCUT2D eigenvalue weighted by atomic mass is 32.2. The fourth-order valence-corrected chi connectivity index (χ4v) is 5.46. The highest BCUT2D eigenvalue weighted by Crippen LogP contribution is 2.29. The molecule has 3 heterocycles. The van der Waals surface area contributed by atoms with Crippen LogP contribution in [-0.4, -0.2) is 30.6 Å². The van der Waals surface area contributed by atoms with E-state index in [4.69, 9.17) is 4.98 Å². The Balaban J connectivity index is 1.46. The second-order valence-corrected chi connectivity index (χ2v) is 9.02. The van der Waals surface area contributed by atoms with Crippen LogP contribution in [0.2, 0.25) is 0 Å². The molecule has 5 aromatic rings. The van der Waals surface area contributed by atoms with Crippen LogP contribution in [0, 0.1) is 13.8 Å². The number of rotatable bonds is 6. The Morgan fingerprint density at radius 2 is 1.81 bits per heavy atom. The number of hydrogen-bond donors (Lipinski definition) is 0. The quantitative estimate of drug-likeness (QED) is 0.243. The van der Waals surface area contributed by atoms with E-state index in [2.05, 4.69) is 27.8 Å². The molecule has 0 atom stereocenters. The average molecular weight is 445 g/mol. The van der Waals surface area contributed by atoms with Crippen molar-refractivity contribution in [2.24, 2.45) is 0 Å². The largest absolute Gasteiger partial charge is 0.294 e. The summed E-state index contributed by atoms with van der Waals surface area (Å²) in [4.78, 5) is 22.3. The van der Waals surface area contributed by atoms with Gasteiger partial charge in [0.15, 0.2) is 16.1 Å². The summed E-state index contributed by atoms with van der Waals surface area (Å²) in [5, 5.41) is 3.64. The first-order valence-corrected chi connectivity index (χ1v) is 11.8. The van der Waals surface area contributed by atoms with Crippen LogP contribution in [0.1, 0.15) is 21.7 Å². The lowest BCUT2D eigenvalue weighted by atomic mass is 10.2. The number of benzene rings is 2. The third kappa shape index (κ3) is 3.60. The van der Waals surface area contributed by atoms with Crippen LogP contribution in [-0.2, 0) is 0 Å². The van der Waals surface area contributed by atoms with Gasteiger partial charge in [0, 0.05) is 34.2 Å². The van der Waals surface area contributed by atoms with Gasteiger partial charge < -0.3 is 0 Å². The molecule has 2 aromatic carbocycles. The number of thiazole rings is 1. The molecule has 0 bridgehead atoms. The molecule has 0 fully saturated rings. The van der Waals surface area contributed by atoms with Gasteiger partial charge in [0.2, 0.25) is 0 Å². The molecule has 154 valence electrons. The van der Waals surface area contributed by atoms with Crippen molar-refractivity contribution in [3.63, 3.8) is 0 Å². The van der Waals surface area contributed by atoms with Gasteiger partial charge in [0.1, 0.15) is 0 Å². The molecule has 7 heteroatoms. The molecule has 0 aliphatic carbocycles. The van der Waals surface area contributed by atoms with Crippen LogP contribution < -0.4 is 0 Å². The summed E-state index contributed by atoms with van der Waals surface area (Å²) < 4.78 is 4.16. The van der Waals surface area contributed by atoms with Gasteiger partial charge in [0.05, 0.1) is 16.8 Å². The van der Waals surface area contributed by atoms with Crippen molar-refractivity contribution in [1.29, 1.82) is 0 Å². The third-order valence-electron chi connectivity index (χ3n) is 5.22. The van der Waals surface area contributed by atoms with Gasteiger partial charge in [-0.25, -0.2) is 9.97 Å². The Kier molecular flexibility index (Phi) is 5.21. The molecule has 3 aromatic heterocycles. The minimum Gasteiger partial charge on any atom is -0.294 e. The summed E-state index contributed by atoms with van der Waals surface area (Å²) in [6, 6.07) is 20.1. The maximum atomic E-state index is 13.1. The molecule has 5 rings (SSSR count). The number of thioether (sulfide) groups is 1. The van der Waals surface area contributed by atoms with Gasteiger partial charge in [-0.2, -0.15) is 0 Å². The fraction of sp³-hybridized carbons (Fsp3) is 0.125. The van der Waals surface area contributed by atoms with E-state index in [1.165, 1.54) is 11.8 Å². The highest BCUT2D eigenvalue weighted by Gasteiger charge is 2.20. The first-order chi connectivity index (χ1) is 15.1. The molecule has 0 N–H and O–H groups in total. The molecular weight excluding hydrogens is 424 g/mol. The van der Waals surface area contributed by atoms with Crippen molar-refractivity contribution in [3.8, 4) is 10.8 Å². The lowest BCUT2D eigenvalue weighted by Gasteiger charge is -2.09. The monoisotopic (exact) mass is 444 g/mol. The number of aromatic nitrogens is 4. The molecule has 0 spiro atoms. The Labute approximate surface area is 188 Å². The zero-order valence-corrected chi connectivity index (χ0v) is 18.8. The predicted octanol–water partition coefficient (Wildman–Crippen LogP) is 5.86. The molecule has 0 amide bonds. The van der Waals surface area contributed by atoms with E-state index >= 15 is 0 Å². The summed E-state index contributed by atoms with van der Waals surface area (Å²) in [7, 11) is 0. The van der Waals surface area contributed by atoms with Crippen LogP contribution >= 0.6 is 23.1 Å². The number of ketones is 1. The molecule has 0 aliphatic heterocycles. The van der Waals surface area contributed by atoms with Gasteiger partial charge in [-0.3, -0.25) is 13.9 Å². The Bertz CT molecular complexity index is 1370. The summed E-state index contributed by atoms with van der Waals surface area (Å²) in [5.41, 5.74) is 5.66. The minimum atomic E-state index is 0.0903. The topological polar surface area (TPSA) is 52.7 Å². The number of imidazole rings is 1. The second-order valence-electron chi connectivity index (χ2n) is 7.20. The Morgan fingerprint density at radius 1 is 1.03 bits per heavy atom. The number of carbonyl (C=O) groups excluding carboxylic acids is 1. The molecule has 0 saturated carbocycles. The SMILES string of the molecule is Cc1cc(C(=O)CSc2nc3ccccc3n2-c2ccccc2)c(C)n1-c1nccs1. The van der Waals surface area contributed by atoms with Gasteiger partial charge in [-0.15, -0.1) is 11.3 Å². The lowest BCUT2D eigenvalue weighted by Crippen LogP contribution is -2.06. The maximum absolute atomic E-state index is 13.1. The van der Waals surface area contributed by atoms with Gasteiger partial charge in [-0.05, 0) is 44.2 Å². The van der Waals surface area contributed by atoms with E-state index < -0.39 is 0 Å². The number of fused-ring (bicyclic) bond motifs is 1. The summed E-state index contributed by atoms with van der Waals surface area (Å²) in [6.07, 6.45) is 1.78. The summed E-state index contributed by atoms with van der Waals surface area (Å²) in [5.74, 6) is 0.408. The predicted molar refractivity (Wildman–Crippen MR) is 127 cm³/mol. The minimum absolute atomic E-state index is 0.0903. The van der Waals surface area contributed by atoms with Crippen molar-refractivity contribution < 1.29 is 4.79 Å². The van der Waals surface area contributed by atoms with E-state index in [9.17, 15) is 4.79 Å². The van der Waals surface area contributed by atoms with Gasteiger partial charge in [-0.1, -0.05) is 42.1 Å². The van der Waals surface area contributed by atoms with Crippen molar-refractivity contribution in [3.05, 3.63) is 89.2 Å². The molecule has 5 nitrogen and oxygen atoms in total. The lowest BCUT2D eigenvalue weighted by molar-refractivity contribution is 0.102. The number of carbonyl (C=O) groups is 1. The van der Waals surface area contributed by atoms with Crippen LogP contribution in [0.5, 0.6) is 0 Å². The van der Waals surface area contributed by atoms with Crippen LogP contribution in [0.3, 0.4) is 0 Å². The van der Waals surface area contributed by atoms with Gasteiger partial charge in [0.25, 0.3) is 0 Å². The van der Waals surface area contributed by atoms with Gasteiger partial charge >= 0.3 is 0 Å². The Morgan fingerprint density at radius 3 is 2.58 bits per heavy atom. The summed E-state index contributed by atoms with van der Waals surface area (Å²) in [6.45, 7) is 3.98. The molecule has 0 unspecified atom stereocenters. The number of hydrogen-bond acceptors (Lipinski definition) is 5. The Hall–Kier alpha value is -3.16. The highest BCUT2D eigenvalue weighted by molar-refractivity contribution is 7.99. The number of para-hydroxylation sites is 3. The zero-order chi connectivity index (χ0) is 21.4. The van der Waals surface area contributed by atoms with Crippen LogP contribution in [0.15, 0.2) is 77.4 Å². The first-order valence-electron chi connectivity index (χ1n) is 9.91. The van der Waals surface area contributed by atoms with E-state index in [1.807, 2.05) is 66.3 Å². The molecule has 0 aliphatic rings. The van der Waals surface area contributed by atoms with E-state index in [0.29, 0.717) is 5.75 Å². The van der Waals surface area contributed by atoms with Crippen LogP contribution in [0.25, 0.3) is 21.9 Å². The van der Waals surface area contributed by atoms with Crippen molar-refractivity contribution in [2.75, 3.05) is 5.75 Å². The normalized spacial score (nSPS) is 11.3. The van der Waals surface area contributed by atoms with E-state index in [1.54, 1.807) is 17.5 Å². The first kappa shape index (κ1) is 19.8. The van der Waals surface area contributed by atoms with E-state index in [-0.39, 0.29) is 5.78 Å². The van der Waals surface area contributed by atoms with Crippen molar-refractivity contribution in [2.45, 2.75) is 19.0 Å². The summed E-state index contributed by atoms with van der Waals surface area (Å²) >= 11 is 3.04. The zero-order valence-electron chi connectivity index (χ0n) is 17.1. The van der Waals surface area contributed by atoms with Crippen LogP contribution in [0.4, 0.5) is 0 Å². The second kappa shape index (κ2) is 8.17. The third-order valence-corrected chi connectivity index (χ3v) is 6.91. The maximum Gasteiger partial charge on any atom is 0.193 e. The molecule has 31 heavy (non-hydrogen) atoms. The molecular formula is C24H20N4OS2. The molecule has 0 saturated heterocycles. The number of aryl methyl sites for hydroxylation is 1. The molecule has 0 radical (unpaired) electrons. The van der Waals surface area contributed by atoms with Crippen molar-refractivity contribution >= 4 is 39.9 Å². The standard InChI is InChI=1S/C24H20N4OS2/c1-16-14-19(17(2)27(16)23-25-12-13-30-23)22(29)15-31-24-26-20-10-6-7-11-21(20)28(24)18-8-4-3-5-9-18/h3-14H,15H2,1-2H3.